The molecule has 0 saturated carbocycles. The smallest absolute Gasteiger partial charge is 0.231 e. The van der Waals surface area contributed by atoms with E-state index < -0.39 is 0 Å². The summed E-state index contributed by atoms with van der Waals surface area (Å²) in [5, 5.41) is 10.2. The van der Waals surface area contributed by atoms with Crippen LogP contribution in [-0.4, -0.2) is 34.6 Å². The van der Waals surface area contributed by atoms with Crippen LogP contribution in [0.1, 0.15) is 18.4 Å². The maximum Gasteiger partial charge on any atom is 0.231 e. The van der Waals surface area contributed by atoms with Crippen LogP contribution in [0.15, 0.2) is 48.9 Å². The Morgan fingerprint density at radius 1 is 1.08 bits per heavy atom. The van der Waals surface area contributed by atoms with Crippen molar-refractivity contribution in [3.8, 4) is 11.9 Å². The first kappa shape index (κ1) is 16.3. The van der Waals surface area contributed by atoms with E-state index in [9.17, 15) is 0 Å². The first-order valence-corrected chi connectivity index (χ1v) is 8.78. The number of fused-ring (bicyclic) bond motifs is 1. The second-order valence-corrected chi connectivity index (χ2v) is 6.42. The van der Waals surface area contributed by atoms with Crippen LogP contribution in [0.3, 0.4) is 0 Å². The minimum atomic E-state index is 0.430. The van der Waals surface area contributed by atoms with E-state index in [1.54, 1.807) is 24.7 Å². The van der Waals surface area contributed by atoms with Gasteiger partial charge in [0, 0.05) is 24.7 Å². The van der Waals surface area contributed by atoms with Crippen LogP contribution in [0.2, 0.25) is 0 Å². The molecule has 1 fully saturated rings. The van der Waals surface area contributed by atoms with E-state index >= 15 is 0 Å². The molecule has 0 N–H and O–H groups in total. The molecule has 6 nitrogen and oxygen atoms in total. The maximum atomic E-state index is 9.11. The maximum absolute atomic E-state index is 9.11. The van der Waals surface area contributed by atoms with Gasteiger partial charge in [0.15, 0.2) is 0 Å². The normalized spacial score (nSPS) is 15.0. The molecular formula is C20H19N5O. The lowest BCUT2D eigenvalue weighted by molar-refractivity contribution is 0.215. The number of piperidine rings is 1. The fraction of sp³-hybridized carbons (Fsp3) is 0.300. The van der Waals surface area contributed by atoms with Gasteiger partial charge in [0.1, 0.15) is 23.8 Å². The van der Waals surface area contributed by atoms with E-state index in [1.807, 2.05) is 18.2 Å². The van der Waals surface area contributed by atoms with Crippen molar-refractivity contribution in [3.63, 3.8) is 0 Å². The molecule has 4 rings (SSSR count). The summed E-state index contributed by atoms with van der Waals surface area (Å²) in [7, 11) is 0. The second kappa shape index (κ2) is 7.36. The van der Waals surface area contributed by atoms with Gasteiger partial charge in [-0.3, -0.25) is 0 Å². The molecule has 1 saturated heterocycles. The minimum Gasteiger partial charge on any atom is -0.476 e. The second-order valence-electron chi connectivity index (χ2n) is 6.42. The fourth-order valence-corrected chi connectivity index (χ4v) is 3.34. The lowest BCUT2D eigenvalue weighted by atomic mass is 9.97. The van der Waals surface area contributed by atoms with Gasteiger partial charge in [-0.1, -0.05) is 12.1 Å². The van der Waals surface area contributed by atoms with Gasteiger partial charge < -0.3 is 9.64 Å². The molecule has 130 valence electrons. The molecule has 3 heterocycles. The number of aromatic nitrogens is 3. The van der Waals surface area contributed by atoms with Crippen molar-refractivity contribution in [3.05, 3.63) is 54.5 Å². The monoisotopic (exact) mass is 345 g/mol. The lowest BCUT2D eigenvalue weighted by Crippen LogP contribution is -2.36. The zero-order chi connectivity index (χ0) is 17.8. The predicted octanol–water partition coefficient (Wildman–Crippen LogP) is 3.19. The van der Waals surface area contributed by atoms with Crippen molar-refractivity contribution in [2.45, 2.75) is 12.8 Å². The SMILES string of the molecule is N#Cc1cccnc1OCC1CCN(c2ncnc3ccccc23)CC1. The largest absolute Gasteiger partial charge is 0.476 e. The van der Waals surface area contributed by atoms with E-state index in [1.165, 1.54) is 0 Å². The molecule has 1 aromatic carbocycles. The standard InChI is InChI=1S/C20H19N5O/c21-12-16-4-3-9-22-20(16)26-13-15-7-10-25(11-8-15)19-17-5-1-2-6-18(17)23-14-24-19/h1-6,9,14-15H,7-8,10-11,13H2. The molecular weight excluding hydrogens is 326 g/mol. The van der Waals surface area contributed by atoms with Crippen LogP contribution in [0, 0.1) is 17.2 Å². The summed E-state index contributed by atoms with van der Waals surface area (Å²) in [4.78, 5) is 15.3. The molecule has 26 heavy (non-hydrogen) atoms. The van der Waals surface area contributed by atoms with E-state index in [-0.39, 0.29) is 0 Å². The van der Waals surface area contributed by atoms with Gasteiger partial charge in [0.25, 0.3) is 0 Å². The van der Waals surface area contributed by atoms with Gasteiger partial charge in [-0.05, 0) is 43.0 Å². The molecule has 0 spiro atoms. The summed E-state index contributed by atoms with van der Waals surface area (Å²) in [5.74, 6) is 1.89. The predicted molar refractivity (Wildman–Crippen MR) is 98.9 cm³/mol. The Kier molecular flexibility index (Phi) is 4.61. The number of hydrogen-bond donors (Lipinski definition) is 0. The van der Waals surface area contributed by atoms with Crippen molar-refractivity contribution < 1.29 is 4.74 Å². The number of rotatable bonds is 4. The average molecular weight is 345 g/mol. The summed E-state index contributed by atoms with van der Waals surface area (Å²) < 4.78 is 5.80. The minimum absolute atomic E-state index is 0.430. The Balaban J connectivity index is 1.39. The zero-order valence-corrected chi connectivity index (χ0v) is 14.4. The number of ether oxygens (including phenoxy) is 1. The topological polar surface area (TPSA) is 74.9 Å². The van der Waals surface area contributed by atoms with Gasteiger partial charge >= 0.3 is 0 Å². The number of hydrogen-bond acceptors (Lipinski definition) is 6. The molecule has 6 heteroatoms. The molecule has 0 atom stereocenters. The summed E-state index contributed by atoms with van der Waals surface area (Å²) >= 11 is 0. The van der Waals surface area contributed by atoms with E-state index in [0.29, 0.717) is 24.0 Å². The van der Waals surface area contributed by atoms with Gasteiger partial charge in [0.2, 0.25) is 5.88 Å². The Morgan fingerprint density at radius 3 is 2.77 bits per heavy atom. The number of para-hydroxylation sites is 1. The molecule has 1 aliphatic rings. The molecule has 2 aromatic heterocycles. The zero-order valence-electron chi connectivity index (χ0n) is 14.4. The van der Waals surface area contributed by atoms with Gasteiger partial charge in [-0.25, -0.2) is 15.0 Å². The number of nitrogens with zero attached hydrogens (tertiary/aromatic N) is 5. The average Bonchev–Trinajstić information content (AvgIpc) is 2.72. The fourth-order valence-electron chi connectivity index (χ4n) is 3.34. The van der Waals surface area contributed by atoms with Gasteiger partial charge in [-0.15, -0.1) is 0 Å². The third kappa shape index (κ3) is 3.29. The van der Waals surface area contributed by atoms with Gasteiger partial charge in [-0.2, -0.15) is 5.26 Å². The molecule has 1 aliphatic heterocycles. The van der Waals surface area contributed by atoms with Crippen LogP contribution < -0.4 is 9.64 Å². The highest BCUT2D eigenvalue weighted by molar-refractivity contribution is 5.89. The number of nitriles is 1. The Bertz CT molecular complexity index is 939. The summed E-state index contributed by atoms with van der Waals surface area (Å²) in [6.07, 6.45) is 5.33. The van der Waals surface area contributed by atoms with Crippen LogP contribution in [-0.2, 0) is 0 Å². The summed E-state index contributed by atoms with van der Waals surface area (Å²) in [6.45, 7) is 2.45. The van der Waals surface area contributed by atoms with E-state index in [0.717, 1.165) is 42.7 Å². The summed E-state index contributed by atoms with van der Waals surface area (Å²) in [5.41, 5.74) is 1.46. The highest BCUT2D eigenvalue weighted by atomic mass is 16.5. The Morgan fingerprint density at radius 2 is 1.92 bits per heavy atom. The van der Waals surface area contributed by atoms with Gasteiger partial charge in [0.05, 0.1) is 12.1 Å². The molecule has 0 unspecified atom stereocenters. The third-order valence-corrected chi connectivity index (χ3v) is 4.78. The first-order valence-electron chi connectivity index (χ1n) is 8.78. The van der Waals surface area contributed by atoms with E-state index in [2.05, 4.69) is 32.0 Å². The van der Waals surface area contributed by atoms with Crippen molar-refractivity contribution in [1.82, 2.24) is 15.0 Å². The molecule has 0 amide bonds. The Hall–Kier alpha value is -3.20. The van der Waals surface area contributed by atoms with Crippen molar-refractivity contribution in [2.24, 2.45) is 5.92 Å². The quantitative estimate of drug-likeness (QED) is 0.723. The number of benzene rings is 1. The number of anilines is 1. The molecule has 3 aromatic rings. The van der Waals surface area contributed by atoms with E-state index in [4.69, 9.17) is 10.00 Å². The molecule has 0 bridgehead atoms. The van der Waals surface area contributed by atoms with Crippen molar-refractivity contribution >= 4 is 16.7 Å². The van der Waals surface area contributed by atoms with Crippen LogP contribution >= 0.6 is 0 Å². The van der Waals surface area contributed by atoms with Crippen molar-refractivity contribution in [1.29, 1.82) is 5.26 Å². The van der Waals surface area contributed by atoms with Crippen LogP contribution in [0.4, 0.5) is 5.82 Å². The highest BCUT2D eigenvalue weighted by Gasteiger charge is 2.22. The molecule has 0 aliphatic carbocycles. The van der Waals surface area contributed by atoms with Crippen molar-refractivity contribution in [2.75, 3.05) is 24.6 Å². The summed E-state index contributed by atoms with van der Waals surface area (Å²) in [6, 6.07) is 13.7. The molecule has 0 radical (unpaired) electrons. The number of pyridine rings is 1. The van der Waals surface area contributed by atoms with Crippen LogP contribution in [0.5, 0.6) is 5.88 Å². The lowest BCUT2D eigenvalue weighted by Gasteiger charge is -2.33. The first-order chi connectivity index (χ1) is 12.8. The highest BCUT2D eigenvalue weighted by Crippen LogP contribution is 2.27. The third-order valence-electron chi connectivity index (χ3n) is 4.78. The van der Waals surface area contributed by atoms with Crippen LogP contribution in [0.25, 0.3) is 10.9 Å². The Labute approximate surface area is 152 Å².